The van der Waals surface area contributed by atoms with Gasteiger partial charge in [0.1, 0.15) is 5.54 Å². The maximum Gasteiger partial charge on any atom is 0.325 e. The molecule has 0 saturated carbocycles. The predicted octanol–water partition coefficient (Wildman–Crippen LogP) is -0.213. The maximum absolute atomic E-state index is 11.6. The molecule has 0 unspecified atom stereocenters. The summed E-state index contributed by atoms with van der Waals surface area (Å²) in [5.74, 6) is -0.739. The van der Waals surface area contributed by atoms with Gasteiger partial charge in [-0.05, 0) is 25.7 Å². The summed E-state index contributed by atoms with van der Waals surface area (Å²) < 4.78 is 0. The zero-order valence-corrected chi connectivity index (χ0v) is 10.3. The lowest BCUT2D eigenvalue weighted by atomic mass is 9.63. The first-order valence-corrected chi connectivity index (χ1v) is 6.40. The Morgan fingerprint density at radius 1 is 1.47 bits per heavy atom. The number of fused-ring (bicyclic) bond motifs is 1. The van der Waals surface area contributed by atoms with E-state index in [1.807, 2.05) is 0 Å². The number of rotatable bonds is 5. The first kappa shape index (κ1) is 12.9. The molecule has 6 heteroatoms. The minimum absolute atomic E-state index is 0.173. The minimum Gasteiger partial charge on any atom is -0.480 e. The van der Waals surface area contributed by atoms with Gasteiger partial charge in [0, 0.05) is 18.5 Å². The van der Waals surface area contributed by atoms with Crippen molar-refractivity contribution in [3.8, 4) is 0 Å². The summed E-state index contributed by atoms with van der Waals surface area (Å²) in [5, 5.41) is 25.2. The highest BCUT2D eigenvalue weighted by Crippen LogP contribution is 2.46. The van der Waals surface area contributed by atoms with Gasteiger partial charge in [0.2, 0.25) is 0 Å². The molecule has 2 aliphatic heterocycles. The molecule has 0 spiro atoms. The number of hydrogen-bond acceptors (Lipinski definition) is 4. The number of carboxylic acids is 1. The Bertz CT molecular complexity index is 299. The molecule has 5 nitrogen and oxygen atoms in total. The second kappa shape index (κ2) is 4.59. The lowest BCUT2D eigenvalue weighted by Crippen LogP contribution is -2.58. The Hall–Kier alpha value is -0.585. The van der Waals surface area contributed by atoms with E-state index in [-0.39, 0.29) is 12.3 Å². The van der Waals surface area contributed by atoms with Crippen LogP contribution in [-0.4, -0.2) is 48.2 Å². The molecule has 0 bridgehead atoms. The van der Waals surface area contributed by atoms with Crippen LogP contribution in [0.3, 0.4) is 0 Å². The van der Waals surface area contributed by atoms with E-state index in [9.17, 15) is 14.9 Å². The van der Waals surface area contributed by atoms with Gasteiger partial charge in [-0.1, -0.05) is 13.2 Å². The van der Waals surface area contributed by atoms with Crippen molar-refractivity contribution in [1.82, 2.24) is 10.6 Å². The summed E-state index contributed by atoms with van der Waals surface area (Å²) in [5.41, 5.74) is -0.959. The van der Waals surface area contributed by atoms with Gasteiger partial charge in [0.25, 0.3) is 6.92 Å². The van der Waals surface area contributed by atoms with Crippen molar-refractivity contribution < 1.29 is 14.9 Å². The monoisotopic (exact) mass is 240 g/mol. The van der Waals surface area contributed by atoms with E-state index in [1.165, 1.54) is 0 Å². The highest BCUT2D eigenvalue weighted by atomic mass is 16.4. The quantitative estimate of drug-likeness (QED) is 0.500. The Morgan fingerprint density at radius 2 is 2.24 bits per heavy atom. The highest BCUT2D eigenvalue weighted by Gasteiger charge is 2.62. The summed E-state index contributed by atoms with van der Waals surface area (Å²) in [6.07, 6.45) is 3.41. The zero-order valence-electron chi connectivity index (χ0n) is 10.3. The molecule has 96 valence electrons. The molecule has 2 saturated heterocycles. The smallest absolute Gasteiger partial charge is 0.325 e. The molecule has 0 aromatic carbocycles. The van der Waals surface area contributed by atoms with Crippen molar-refractivity contribution in [3.63, 3.8) is 0 Å². The molecule has 2 rings (SSSR count). The van der Waals surface area contributed by atoms with Crippen molar-refractivity contribution >= 4 is 12.9 Å². The second-order valence-electron chi connectivity index (χ2n) is 5.51. The van der Waals surface area contributed by atoms with Gasteiger partial charge in [-0.3, -0.25) is 4.79 Å². The SMILES string of the molecule is CB(O)CCC[C@]12CCN[C@@]1(C(=O)O)CNC2. The van der Waals surface area contributed by atoms with Crippen LogP contribution in [0.5, 0.6) is 0 Å². The number of carbonyl (C=O) groups is 1. The Labute approximate surface area is 102 Å². The van der Waals surface area contributed by atoms with Gasteiger partial charge in [-0.25, -0.2) is 0 Å². The van der Waals surface area contributed by atoms with E-state index in [0.717, 1.165) is 38.7 Å². The topological polar surface area (TPSA) is 81.6 Å². The molecular weight excluding hydrogens is 219 g/mol. The van der Waals surface area contributed by atoms with Crippen LogP contribution in [0.4, 0.5) is 0 Å². The fourth-order valence-corrected chi connectivity index (χ4v) is 3.44. The maximum atomic E-state index is 11.6. The van der Waals surface area contributed by atoms with Crippen molar-refractivity contribution in [2.24, 2.45) is 5.41 Å². The van der Waals surface area contributed by atoms with Crippen LogP contribution in [0.1, 0.15) is 19.3 Å². The van der Waals surface area contributed by atoms with E-state index >= 15 is 0 Å². The van der Waals surface area contributed by atoms with Crippen molar-refractivity contribution in [1.29, 1.82) is 0 Å². The first-order valence-electron chi connectivity index (χ1n) is 6.40. The van der Waals surface area contributed by atoms with Gasteiger partial charge in [0.15, 0.2) is 0 Å². The molecule has 2 heterocycles. The number of hydrogen-bond donors (Lipinski definition) is 4. The van der Waals surface area contributed by atoms with E-state index in [1.54, 1.807) is 6.82 Å². The third-order valence-electron chi connectivity index (χ3n) is 4.43. The molecule has 0 aliphatic carbocycles. The van der Waals surface area contributed by atoms with E-state index in [0.29, 0.717) is 6.54 Å². The number of nitrogens with one attached hydrogen (secondary N) is 2. The van der Waals surface area contributed by atoms with Gasteiger partial charge in [-0.15, -0.1) is 0 Å². The largest absolute Gasteiger partial charge is 0.480 e. The van der Waals surface area contributed by atoms with Crippen LogP contribution in [0.25, 0.3) is 0 Å². The first-order chi connectivity index (χ1) is 8.02. The summed E-state index contributed by atoms with van der Waals surface area (Å²) in [6.45, 7) is 3.54. The Balaban J connectivity index is 2.08. The molecule has 2 atom stereocenters. The lowest BCUT2D eigenvalue weighted by molar-refractivity contribution is -0.147. The van der Waals surface area contributed by atoms with Crippen LogP contribution < -0.4 is 10.6 Å². The van der Waals surface area contributed by atoms with Gasteiger partial charge in [0.05, 0.1) is 0 Å². The normalized spacial score (nSPS) is 35.9. The molecule has 17 heavy (non-hydrogen) atoms. The van der Waals surface area contributed by atoms with E-state index < -0.39 is 11.5 Å². The molecule has 0 aromatic heterocycles. The van der Waals surface area contributed by atoms with Crippen LogP contribution >= 0.6 is 0 Å². The fourth-order valence-electron chi connectivity index (χ4n) is 3.44. The highest BCUT2D eigenvalue weighted by molar-refractivity contribution is 6.48. The van der Waals surface area contributed by atoms with Crippen molar-refractivity contribution in [2.45, 2.75) is 37.9 Å². The molecule has 2 fully saturated rings. The molecular formula is C11H21BN2O3. The average Bonchev–Trinajstić information content (AvgIpc) is 2.72. The third kappa shape index (κ3) is 1.98. The standard InChI is InChI=1S/C11H21BN2O3/c1-12(17)5-2-3-10-4-6-14-11(10,9(15)16)8-13-7-10/h13-14,17H,2-8H2,1H3,(H,15,16)/t10-,11-/m1/s1. The average molecular weight is 240 g/mol. The molecule has 0 aromatic rings. The summed E-state index contributed by atoms with van der Waals surface area (Å²) in [6, 6.07) is 0. The van der Waals surface area contributed by atoms with Gasteiger partial charge in [-0.2, -0.15) is 0 Å². The minimum atomic E-state index is -0.786. The molecule has 0 radical (unpaired) electrons. The third-order valence-corrected chi connectivity index (χ3v) is 4.43. The number of aliphatic carboxylic acids is 1. The van der Waals surface area contributed by atoms with Crippen LogP contribution in [-0.2, 0) is 4.79 Å². The van der Waals surface area contributed by atoms with Crippen LogP contribution in [0.2, 0.25) is 13.1 Å². The zero-order chi connectivity index (χ0) is 12.5. The van der Waals surface area contributed by atoms with Gasteiger partial charge >= 0.3 is 5.97 Å². The van der Waals surface area contributed by atoms with E-state index in [2.05, 4.69) is 10.6 Å². The Kier molecular flexibility index (Phi) is 3.47. The fraction of sp³-hybridized carbons (Fsp3) is 0.909. The molecule has 2 aliphatic rings. The van der Waals surface area contributed by atoms with Gasteiger partial charge < -0.3 is 20.8 Å². The van der Waals surface area contributed by atoms with Crippen molar-refractivity contribution in [2.75, 3.05) is 19.6 Å². The second-order valence-corrected chi connectivity index (χ2v) is 5.51. The lowest BCUT2D eigenvalue weighted by Gasteiger charge is -2.36. The summed E-state index contributed by atoms with van der Waals surface area (Å²) in [4.78, 5) is 11.6. The summed E-state index contributed by atoms with van der Waals surface area (Å²) >= 11 is 0. The predicted molar refractivity (Wildman–Crippen MR) is 66.2 cm³/mol. The van der Waals surface area contributed by atoms with Crippen LogP contribution in [0.15, 0.2) is 0 Å². The van der Waals surface area contributed by atoms with Crippen LogP contribution in [0, 0.1) is 5.41 Å². The number of carboxylic acid groups (broad SMARTS) is 1. The van der Waals surface area contributed by atoms with Crippen molar-refractivity contribution in [3.05, 3.63) is 0 Å². The molecule has 4 N–H and O–H groups in total. The van der Waals surface area contributed by atoms with E-state index in [4.69, 9.17) is 0 Å². The molecule has 0 amide bonds. The Morgan fingerprint density at radius 3 is 2.88 bits per heavy atom. The summed E-state index contributed by atoms with van der Waals surface area (Å²) in [7, 11) is 0.